The van der Waals surface area contributed by atoms with Crippen molar-refractivity contribution in [1.82, 2.24) is 19.9 Å². The van der Waals surface area contributed by atoms with E-state index in [1.165, 1.54) is 0 Å². The molecule has 24 heavy (non-hydrogen) atoms. The lowest BCUT2D eigenvalue weighted by Gasteiger charge is -2.45. The minimum Gasteiger partial charge on any atom is -0.340 e. The number of piperidine rings is 1. The lowest BCUT2D eigenvalue weighted by atomic mass is 9.75. The van der Waals surface area contributed by atoms with Crippen molar-refractivity contribution in [2.45, 2.75) is 25.3 Å². The minimum atomic E-state index is -2.66. The predicted octanol–water partition coefficient (Wildman–Crippen LogP) is 2.67. The van der Waals surface area contributed by atoms with E-state index in [0.29, 0.717) is 45.1 Å². The standard InChI is InChI=1S/C16H19F2N5S/c17-16(18)3-7-22(10-13-19-6-9-24-13)11-15(16)2-8-23(12-15)14-20-4-1-5-21-14/h1,4-6,9H,2-3,7-8,10-12H2/t15-/m1/s1. The largest absolute Gasteiger partial charge is 0.340 e. The second-order valence-electron chi connectivity index (χ2n) is 6.59. The van der Waals surface area contributed by atoms with Crippen LogP contribution in [0.4, 0.5) is 14.7 Å². The molecule has 5 nitrogen and oxygen atoms in total. The molecular formula is C16H19F2N5S. The summed E-state index contributed by atoms with van der Waals surface area (Å²) < 4.78 is 29.6. The third-order valence-electron chi connectivity index (χ3n) is 5.08. The van der Waals surface area contributed by atoms with Crippen LogP contribution in [-0.4, -0.2) is 52.0 Å². The van der Waals surface area contributed by atoms with Crippen molar-refractivity contribution in [3.05, 3.63) is 35.0 Å². The maximum Gasteiger partial charge on any atom is 0.257 e. The SMILES string of the molecule is FC1(F)CCN(Cc2nccs2)C[C@@]12CCN(c1ncccn1)C2. The normalized spacial score (nSPS) is 27.0. The van der Waals surface area contributed by atoms with E-state index in [-0.39, 0.29) is 6.42 Å². The van der Waals surface area contributed by atoms with Crippen molar-refractivity contribution in [1.29, 1.82) is 0 Å². The van der Waals surface area contributed by atoms with Gasteiger partial charge in [0.15, 0.2) is 0 Å². The van der Waals surface area contributed by atoms with Crippen LogP contribution in [0.3, 0.4) is 0 Å². The molecule has 4 rings (SSSR count). The molecule has 0 radical (unpaired) electrons. The molecule has 1 atom stereocenters. The van der Waals surface area contributed by atoms with Gasteiger partial charge in [0.1, 0.15) is 5.01 Å². The Balaban J connectivity index is 1.53. The first-order valence-corrected chi connectivity index (χ1v) is 8.97. The van der Waals surface area contributed by atoms with Gasteiger partial charge in [0.2, 0.25) is 5.95 Å². The lowest BCUT2D eigenvalue weighted by molar-refractivity contribution is -0.158. The maximum atomic E-state index is 14.8. The van der Waals surface area contributed by atoms with Gasteiger partial charge in [0.05, 0.1) is 12.0 Å². The third kappa shape index (κ3) is 2.77. The van der Waals surface area contributed by atoms with Gasteiger partial charge in [-0.25, -0.2) is 23.7 Å². The molecule has 4 heterocycles. The number of nitrogens with zero attached hydrogens (tertiary/aromatic N) is 5. The summed E-state index contributed by atoms with van der Waals surface area (Å²) in [5.74, 6) is -2.11. The average Bonchev–Trinajstić information content (AvgIpc) is 3.23. The summed E-state index contributed by atoms with van der Waals surface area (Å²) in [5, 5.41) is 2.91. The molecular weight excluding hydrogens is 332 g/mol. The molecule has 2 aromatic heterocycles. The number of hydrogen-bond donors (Lipinski definition) is 0. The van der Waals surface area contributed by atoms with Crippen LogP contribution < -0.4 is 4.90 Å². The summed E-state index contributed by atoms with van der Waals surface area (Å²) in [7, 11) is 0. The highest BCUT2D eigenvalue weighted by molar-refractivity contribution is 7.09. The molecule has 2 aromatic rings. The van der Waals surface area contributed by atoms with Crippen LogP contribution in [0.1, 0.15) is 17.8 Å². The van der Waals surface area contributed by atoms with Gasteiger partial charge in [-0.15, -0.1) is 11.3 Å². The number of halogens is 2. The zero-order chi connectivity index (χ0) is 16.6. The second-order valence-corrected chi connectivity index (χ2v) is 7.57. The molecule has 0 N–H and O–H groups in total. The summed E-state index contributed by atoms with van der Waals surface area (Å²) >= 11 is 1.57. The van der Waals surface area contributed by atoms with Gasteiger partial charge in [-0.1, -0.05) is 0 Å². The van der Waals surface area contributed by atoms with Crippen molar-refractivity contribution < 1.29 is 8.78 Å². The molecule has 8 heteroatoms. The highest BCUT2D eigenvalue weighted by Crippen LogP contribution is 2.50. The second kappa shape index (κ2) is 6.00. The van der Waals surface area contributed by atoms with Gasteiger partial charge >= 0.3 is 0 Å². The molecule has 0 amide bonds. The quantitative estimate of drug-likeness (QED) is 0.851. The molecule has 0 unspecified atom stereocenters. The van der Waals surface area contributed by atoms with Crippen LogP contribution in [0.5, 0.6) is 0 Å². The van der Waals surface area contributed by atoms with Crippen molar-refractivity contribution in [2.24, 2.45) is 5.41 Å². The maximum absolute atomic E-state index is 14.8. The van der Waals surface area contributed by atoms with E-state index in [2.05, 4.69) is 19.9 Å². The number of thiazole rings is 1. The Hall–Kier alpha value is -1.67. The van der Waals surface area contributed by atoms with Crippen LogP contribution in [0.25, 0.3) is 0 Å². The molecule has 0 aromatic carbocycles. The topological polar surface area (TPSA) is 45.2 Å². The van der Waals surface area contributed by atoms with Gasteiger partial charge in [0, 0.05) is 56.6 Å². The molecule has 0 saturated carbocycles. The van der Waals surface area contributed by atoms with E-state index < -0.39 is 11.3 Å². The highest BCUT2D eigenvalue weighted by Gasteiger charge is 2.59. The first-order valence-electron chi connectivity index (χ1n) is 8.09. The molecule has 2 saturated heterocycles. The number of hydrogen-bond acceptors (Lipinski definition) is 6. The lowest BCUT2D eigenvalue weighted by Crippen LogP contribution is -2.56. The van der Waals surface area contributed by atoms with Crippen LogP contribution in [0.15, 0.2) is 30.0 Å². The Morgan fingerprint density at radius 1 is 1.04 bits per heavy atom. The molecule has 128 valence electrons. The Morgan fingerprint density at radius 3 is 2.62 bits per heavy atom. The van der Waals surface area contributed by atoms with E-state index in [0.717, 1.165) is 5.01 Å². The van der Waals surface area contributed by atoms with Crippen LogP contribution >= 0.6 is 11.3 Å². The van der Waals surface area contributed by atoms with Gasteiger partial charge in [-0.2, -0.15) is 0 Å². The number of anilines is 1. The monoisotopic (exact) mass is 351 g/mol. The van der Waals surface area contributed by atoms with E-state index in [1.54, 1.807) is 36.0 Å². The minimum absolute atomic E-state index is 0.0954. The number of aromatic nitrogens is 3. The van der Waals surface area contributed by atoms with Crippen LogP contribution in [-0.2, 0) is 6.54 Å². The summed E-state index contributed by atoms with van der Waals surface area (Å²) in [5.41, 5.74) is -1.03. The van der Waals surface area contributed by atoms with Gasteiger partial charge in [-0.05, 0) is 12.5 Å². The molecule has 2 fully saturated rings. The summed E-state index contributed by atoms with van der Waals surface area (Å²) in [6.45, 7) is 2.33. The van der Waals surface area contributed by atoms with Crippen molar-refractivity contribution in [2.75, 3.05) is 31.1 Å². The van der Waals surface area contributed by atoms with Gasteiger partial charge in [0.25, 0.3) is 5.92 Å². The number of likely N-dealkylation sites (tertiary alicyclic amines) is 1. The summed E-state index contributed by atoms with van der Waals surface area (Å²) in [6, 6.07) is 1.74. The first kappa shape index (κ1) is 15.8. The molecule has 2 aliphatic heterocycles. The van der Waals surface area contributed by atoms with E-state index in [1.807, 2.05) is 10.3 Å². The first-order chi connectivity index (χ1) is 11.6. The molecule has 0 aliphatic carbocycles. The van der Waals surface area contributed by atoms with E-state index in [9.17, 15) is 8.78 Å². The van der Waals surface area contributed by atoms with Crippen LogP contribution in [0.2, 0.25) is 0 Å². The number of alkyl halides is 2. The summed E-state index contributed by atoms with van der Waals surface area (Å²) in [4.78, 5) is 16.7. The van der Waals surface area contributed by atoms with Gasteiger partial charge < -0.3 is 4.90 Å². The van der Waals surface area contributed by atoms with Crippen molar-refractivity contribution >= 4 is 17.3 Å². The summed E-state index contributed by atoms with van der Waals surface area (Å²) in [6.07, 6.45) is 5.44. The molecule has 0 bridgehead atoms. The Morgan fingerprint density at radius 2 is 1.88 bits per heavy atom. The Labute approximate surface area is 143 Å². The zero-order valence-electron chi connectivity index (χ0n) is 13.2. The number of rotatable bonds is 3. The smallest absolute Gasteiger partial charge is 0.257 e. The van der Waals surface area contributed by atoms with Gasteiger partial charge in [-0.3, -0.25) is 4.90 Å². The average molecular weight is 351 g/mol. The van der Waals surface area contributed by atoms with Crippen molar-refractivity contribution in [3.8, 4) is 0 Å². The Bertz CT molecular complexity index is 681. The van der Waals surface area contributed by atoms with E-state index in [4.69, 9.17) is 0 Å². The fraction of sp³-hybridized carbons (Fsp3) is 0.562. The predicted molar refractivity (Wildman–Crippen MR) is 88.3 cm³/mol. The fourth-order valence-electron chi connectivity index (χ4n) is 3.77. The zero-order valence-corrected chi connectivity index (χ0v) is 14.1. The van der Waals surface area contributed by atoms with E-state index >= 15 is 0 Å². The Kier molecular flexibility index (Phi) is 3.96. The van der Waals surface area contributed by atoms with Crippen molar-refractivity contribution in [3.63, 3.8) is 0 Å². The van der Waals surface area contributed by atoms with Crippen LogP contribution in [0, 0.1) is 5.41 Å². The molecule has 1 spiro atoms. The fourth-order valence-corrected chi connectivity index (χ4v) is 4.43. The highest BCUT2D eigenvalue weighted by atomic mass is 32.1. The third-order valence-corrected chi connectivity index (χ3v) is 5.84. The molecule has 2 aliphatic rings.